The maximum Gasteiger partial charge on any atom is 0.421 e. The molecule has 204 valence electrons. The van der Waals surface area contributed by atoms with Crippen LogP contribution in [0.3, 0.4) is 0 Å². The van der Waals surface area contributed by atoms with Gasteiger partial charge in [-0.25, -0.2) is 8.42 Å². The van der Waals surface area contributed by atoms with Crippen molar-refractivity contribution in [3.63, 3.8) is 0 Å². The number of piperazine rings is 1. The highest BCUT2D eigenvalue weighted by Crippen LogP contribution is 2.39. The number of rotatable bonds is 7. The van der Waals surface area contributed by atoms with E-state index in [9.17, 15) is 31.8 Å². The van der Waals surface area contributed by atoms with Gasteiger partial charge < -0.3 is 24.7 Å². The number of thiophene rings is 1. The highest BCUT2D eigenvalue weighted by atomic mass is 32.2. The summed E-state index contributed by atoms with van der Waals surface area (Å²) in [5.41, 5.74) is -2.16. The molecule has 0 unspecified atom stereocenters. The van der Waals surface area contributed by atoms with E-state index in [0.29, 0.717) is 38.1 Å². The zero-order valence-corrected chi connectivity index (χ0v) is 21.9. The number of anilines is 1. The standard InChI is InChI=1S/C24H30F3N3O5S2/c1-17(29-11-12-35-16-20(29)15-31)21-14-28(37(33,34)22-4-3-13-36-22)9-10-30(21)19-7-5-18(6-8-19)23(2,32)24(25,26)27/h3-8,13,20-21,31-32H,1,9-12,14-16H2,2H3/t20-,21-,23-/m1/s1. The van der Waals surface area contributed by atoms with Gasteiger partial charge in [-0.2, -0.15) is 17.5 Å². The van der Waals surface area contributed by atoms with E-state index in [1.807, 2.05) is 9.80 Å². The predicted octanol–water partition coefficient (Wildman–Crippen LogP) is 2.60. The van der Waals surface area contributed by atoms with Crippen LogP contribution in [0.25, 0.3) is 0 Å². The number of benzene rings is 1. The van der Waals surface area contributed by atoms with Crippen molar-refractivity contribution >= 4 is 27.0 Å². The molecule has 2 aromatic rings. The zero-order chi connectivity index (χ0) is 27.0. The summed E-state index contributed by atoms with van der Waals surface area (Å²) in [6, 6.07) is 7.74. The summed E-state index contributed by atoms with van der Waals surface area (Å²) in [6.45, 7) is 6.44. The van der Waals surface area contributed by atoms with Gasteiger partial charge >= 0.3 is 6.18 Å². The summed E-state index contributed by atoms with van der Waals surface area (Å²) in [6.07, 6.45) is -4.84. The Morgan fingerprint density at radius 2 is 1.89 bits per heavy atom. The summed E-state index contributed by atoms with van der Waals surface area (Å²) in [5.74, 6) is 0. The maximum absolute atomic E-state index is 13.3. The third-order valence-electron chi connectivity index (χ3n) is 6.94. The van der Waals surface area contributed by atoms with Gasteiger partial charge in [0.2, 0.25) is 0 Å². The molecule has 2 aliphatic rings. The highest BCUT2D eigenvalue weighted by molar-refractivity contribution is 7.91. The van der Waals surface area contributed by atoms with Crippen LogP contribution in [0.15, 0.2) is 58.3 Å². The smallest absolute Gasteiger partial charge is 0.394 e. The largest absolute Gasteiger partial charge is 0.421 e. The van der Waals surface area contributed by atoms with Crippen molar-refractivity contribution in [3.8, 4) is 0 Å². The van der Waals surface area contributed by atoms with E-state index in [4.69, 9.17) is 4.74 Å². The minimum atomic E-state index is -4.84. The molecule has 0 radical (unpaired) electrons. The Balaban J connectivity index is 1.66. The highest BCUT2D eigenvalue weighted by Gasteiger charge is 2.51. The lowest BCUT2D eigenvalue weighted by atomic mass is 9.95. The number of morpholine rings is 1. The predicted molar refractivity (Wildman–Crippen MR) is 134 cm³/mol. The molecule has 2 aliphatic heterocycles. The average Bonchev–Trinajstić information content (AvgIpc) is 3.43. The van der Waals surface area contributed by atoms with Gasteiger partial charge in [-0.3, -0.25) is 0 Å². The second kappa shape index (κ2) is 10.5. The topological polar surface area (TPSA) is 93.6 Å². The molecule has 4 rings (SSSR count). The molecule has 0 aliphatic carbocycles. The number of aliphatic hydroxyl groups excluding tert-OH is 1. The molecule has 3 heterocycles. The van der Waals surface area contributed by atoms with E-state index in [0.717, 1.165) is 11.3 Å². The first-order valence-electron chi connectivity index (χ1n) is 11.7. The Morgan fingerprint density at radius 1 is 1.19 bits per heavy atom. The normalized spacial score (nSPS) is 23.6. The SMILES string of the molecule is C=C([C@H]1CN(S(=O)(=O)c2cccs2)CCN1c1ccc([C@@](C)(O)C(F)(F)F)cc1)N1CCOC[C@H]1CO. The Morgan fingerprint density at radius 3 is 2.49 bits per heavy atom. The van der Waals surface area contributed by atoms with E-state index >= 15 is 0 Å². The molecular weight excluding hydrogens is 531 g/mol. The molecule has 0 amide bonds. The van der Waals surface area contributed by atoms with Crippen molar-refractivity contribution in [2.75, 3.05) is 50.9 Å². The lowest BCUT2D eigenvalue weighted by molar-refractivity contribution is -0.258. The summed E-state index contributed by atoms with van der Waals surface area (Å²) in [5, 5.41) is 21.6. The van der Waals surface area contributed by atoms with Gasteiger partial charge in [-0.1, -0.05) is 24.8 Å². The average molecular weight is 562 g/mol. The number of hydrogen-bond donors (Lipinski definition) is 2. The second-order valence-electron chi connectivity index (χ2n) is 9.22. The monoisotopic (exact) mass is 561 g/mol. The summed E-state index contributed by atoms with van der Waals surface area (Å²) in [4.78, 5) is 3.81. The number of aliphatic hydroxyl groups is 2. The minimum absolute atomic E-state index is 0.0661. The van der Waals surface area contributed by atoms with Crippen molar-refractivity contribution < 1.29 is 36.5 Å². The van der Waals surface area contributed by atoms with Crippen LogP contribution in [0.5, 0.6) is 0 Å². The lowest BCUT2D eigenvalue weighted by Crippen LogP contribution is -2.59. The van der Waals surface area contributed by atoms with E-state index in [2.05, 4.69) is 6.58 Å². The van der Waals surface area contributed by atoms with E-state index in [1.54, 1.807) is 17.5 Å². The molecular formula is C24H30F3N3O5S2. The number of ether oxygens (including phenoxy) is 1. The molecule has 1 aromatic heterocycles. The molecule has 2 fully saturated rings. The fraction of sp³-hybridized carbons (Fsp3) is 0.500. The first kappa shape index (κ1) is 27.9. The van der Waals surface area contributed by atoms with Crippen LogP contribution in [-0.4, -0.2) is 92.1 Å². The third kappa shape index (κ3) is 5.38. The molecule has 0 saturated carbocycles. The van der Waals surface area contributed by atoms with E-state index in [1.165, 1.54) is 28.6 Å². The number of nitrogens with zero attached hydrogens (tertiary/aromatic N) is 3. The first-order chi connectivity index (χ1) is 17.4. The Kier molecular flexibility index (Phi) is 7.94. The van der Waals surface area contributed by atoms with E-state index in [-0.39, 0.29) is 42.1 Å². The minimum Gasteiger partial charge on any atom is -0.394 e. The second-order valence-corrected chi connectivity index (χ2v) is 12.3. The quantitative estimate of drug-likeness (QED) is 0.537. The fourth-order valence-electron chi connectivity index (χ4n) is 4.62. The van der Waals surface area contributed by atoms with Crippen LogP contribution in [0.4, 0.5) is 18.9 Å². The van der Waals surface area contributed by atoms with E-state index < -0.39 is 27.8 Å². The maximum atomic E-state index is 13.3. The van der Waals surface area contributed by atoms with Crippen molar-refractivity contribution in [3.05, 3.63) is 59.6 Å². The molecule has 0 spiro atoms. The number of sulfonamides is 1. The van der Waals surface area contributed by atoms with Gasteiger partial charge in [0.05, 0.1) is 31.9 Å². The van der Waals surface area contributed by atoms with Gasteiger partial charge in [0.25, 0.3) is 10.0 Å². The molecule has 8 nitrogen and oxygen atoms in total. The van der Waals surface area contributed by atoms with Crippen molar-refractivity contribution in [2.45, 2.75) is 35.0 Å². The van der Waals surface area contributed by atoms with Gasteiger partial charge in [0.1, 0.15) is 4.21 Å². The Labute approximate surface area is 218 Å². The summed E-state index contributed by atoms with van der Waals surface area (Å²) in [7, 11) is -3.75. The number of alkyl halides is 3. The number of halogens is 3. The Hall–Kier alpha value is -2.16. The summed E-state index contributed by atoms with van der Waals surface area (Å²) < 4.78 is 73.6. The van der Waals surface area contributed by atoms with Crippen molar-refractivity contribution in [2.24, 2.45) is 0 Å². The van der Waals surface area contributed by atoms with Crippen LogP contribution >= 0.6 is 11.3 Å². The molecule has 0 bridgehead atoms. The van der Waals surface area contributed by atoms with Crippen LogP contribution in [-0.2, 0) is 20.4 Å². The van der Waals surface area contributed by atoms with Crippen LogP contribution in [0.1, 0.15) is 12.5 Å². The Bertz CT molecular complexity index is 1190. The van der Waals surface area contributed by atoms with Crippen LogP contribution in [0.2, 0.25) is 0 Å². The van der Waals surface area contributed by atoms with Crippen molar-refractivity contribution in [1.82, 2.24) is 9.21 Å². The molecule has 2 saturated heterocycles. The number of hydrogen-bond acceptors (Lipinski definition) is 8. The lowest BCUT2D eigenvalue weighted by Gasteiger charge is -2.47. The zero-order valence-electron chi connectivity index (χ0n) is 20.3. The van der Waals surface area contributed by atoms with Gasteiger partial charge in [-0.15, -0.1) is 11.3 Å². The molecule has 2 N–H and O–H groups in total. The molecule has 3 atom stereocenters. The molecule has 13 heteroatoms. The van der Waals surface area contributed by atoms with Gasteiger partial charge in [0, 0.05) is 37.6 Å². The van der Waals surface area contributed by atoms with Crippen LogP contribution in [0, 0.1) is 0 Å². The summed E-state index contributed by atoms with van der Waals surface area (Å²) >= 11 is 1.13. The fourth-order valence-corrected chi connectivity index (χ4v) is 7.21. The van der Waals surface area contributed by atoms with Gasteiger partial charge in [-0.05, 0) is 36.1 Å². The van der Waals surface area contributed by atoms with Gasteiger partial charge in [0.15, 0.2) is 5.60 Å². The van der Waals surface area contributed by atoms with Crippen molar-refractivity contribution in [1.29, 1.82) is 0 Å². The first-order valence-corrected chi connectivity index (χ1v) is 14.0. The molecule has 37 heavy (non-hydrogen) atoms. The molecule has 1 aromatic carbocycles. The van der Waals surface area contributed by atoms with Crippen LogP contribution < -0.4 is 4.90 Å². The third-order valence-corrected chi connectivity index (χ3v) is 10.2.